The summed E-state index contributed by atoms with van der Waals surface area (Å²) in [6.45, 7) is 5.74. The first kappa shape index (κ1) is 18.9. The topological polar surface area (TPSA) is 53.1 Å². The van der Waals surface area contributed by atoms with Crippen LogP contribution in [-0.2, 0) is 16.1 Å². The maximum Gasteiger partial charge on any atom is 0.254 e. The molecule has 2 aliphatic rings. The summed E-state index contributed by atoms with van der Waals surface area (Å²) >= 11 is 0. The van der Waals surface area contributed by atoms with E-state index in [9.17, 15) is 9.59 Å². The first-order chi connectivity index (χ1) is 12.4. The predicted octanol–water partition coefficient (Wildman–Crippen LogP) is 1.60. The largest absolute Gasteiger partial charge is 0.378 e. The van der Waals surface area contributed by atoms with Crippen LogP contribution in [0.5, 0.6) is 0 Å². The zero-order chi connectivity index (χ0) is 18.7. The molecule has 0 aliphatic carbocycles. The summed E-state index contributed by atoms with van der Waals surface area (Å²) in [5.74, 6) is -0.00103. The standard InChI is InChI=1S/C20H29N3O3/c1-20(19(25)22-11-13-26-14-12-22)9-4-10-23(20)18(24)17-7-5-16(6-8-17)15-21(2)3/h5-8H,4,9-15H2,1-3H3/t20-/m0/s1. The third-order valence-corrected chi connectivity index (χ3v) is 5.34. The molecule has 0 saturated carbocycles. The van der Waals surface area contributed by atoms with E-state index in [1.165, 1.54) is 5.56 Å². The summed E-state index contributed by atoms with van der Waals surface area (Å²) in [7, 11) is 4.04. The molecule has 0 N–H and O–H groups in total. The monoisotopic (exact) mass is 359 g/mol. The molecule has 2 aliphatic heterocycles. The van der Waals surface area contributed by atoms with Crippen LogP contribution in [0.4, 0.5) is 0 Å². The highest BCUT2D eigenvalue weighted by atomic mass is 16.5. The number of hydrogen-bond donors (Lipinski definition) is 0. The van der Waals surface area contributed by atoms with E-state index in [0.717, 1.165) is 13.0 Å². The van der Waals surface area contributed by atoms with Crippen LogP contribution in [0.3, 0.4) is 0 Å². The maximum atomic E-state index is 13.1. The van der Waals surface area contributed by atoms with Crippen molar-refractivity contribution in [3.05, 3.63) is 35.4 Å². The molecular weight excluding hydrogens is 330 g/mol. The first-order valence-electron chi connectivity index (χ1n) is 9.34. The molecule has 0 aromatic heterocycles. The van der Waals surface area contributed by atoms with Gasteiger partial charge >= 0.3 is 0 Å². The van der Waals surface area contributed by atoms with Crippen molar-refractivity contribution in [3.63, 3.8) is 0 Å². The second kappa shape index (κ2) is 7.76. The molecule has 0 radical (unpaired) electrons. The third kappa shape index (κ3) is 3.76. The SMILES string of the molecule is CN(C)Cc1ccc(C(=O)N2CCC[C@@]2(C)C(=O)N2CCOCC2)cc1. The molecule has 1 atom stereocenters. The molecule has 1 aromatic rings. The van der Waals surface area contributed by atoms with Crippen molar-refractivity contribution >= 4 is 11.8 Å². The minimum atomic E-state index is -0.753. The fraction of sp³-hybridized carbons (Fsp3) is 0.600. The number of benzene rings is 1. The number of hydrogen-bond acceptors (Lipinski definition) is 4. The smallest absolute Gasteiger partial charge is 0.254 e. The van der Waals surface area contributed by atoms with Gasteiger partial charge in [-0.15, -0.1) is 0 Å². The van der Waals surface area contributed by atoms with E-state index >= 15 is 0 Å². The summed E-state index contributed by atoms with van der Waals surface area (Å²) in [6, 6.07) is 7.73. The van der Waals surface area contributed by atoms with Crippen LogP contribution in [0.25, 0.3) is 0 Å². The van der Waals surface area contributed by atoms with Gasteiger partial charge in [-0.05, 0) is 51.6 Å². The number of nitrogens with zero attached hydrogens (tertiary/aromatic N) is 3. The second-order valence-corrected chi connectivity index (χ2v) is 7.67. The van der Waals surface area contributed by atoms with Crippen LogP contribution in [0.15, 0.2) is 24.3 Å². The van der Waals surface area contributed by atoms with Crippen molar-refractivity contribution in [3.8, 4) is 0 Å². The molecule has 142 valence electrons. The van der Waals surface area contributed by atoms with E-state index < -0.39 is 5.54 Å². The fourth-order valence-corrected chi connectivity index (χ4v) is 3.89. The molecule has 2 fully saturated rings. The highest BCUT2D eigenvalue weighted by molar-refractivity contribution is 5.99. The van der Waals surface area contributed by atoms with E-state index in [1.54, 1.807) is 4.90 Å². The number of ether oxygens (including phenoxy) is 1. The summed E-state index contributed by atoms with van der Waals surface area (Å²) in [4.78, 5) is 31.9. The number of carbonyl (C=O) groups is 2. The third-order valence-electron chi connectivity index (χ3n) is 5.34. The van der Waals surface area contributed by atoms with E-state index in [4.69, 9.17) is 4.74 Å². The van der Waals surface area contributed by atoms with Crippen molar-refractivity contribution < 1.29 is 14.3 Å². The average molecular weight is 359 g/mol. The average Bonchev–Trinajstić information content (AvgIpc) is 3.04. The van der Waals surface area contributed by atoms with Gasteiger partial charge in [-0.3, -0.25) is 9.59 Å². The number of morpholine rings is 1. The lowest BCUT2D eigenvalue weighted by Crippen LogP contribution is -2.58. The van der Waals surface area contributed by atoms with E-state index in [1.807, 2.05) is 50.2 Å². The van der Waals surface area contributed by atoms with Crippen molar-refractivity contribution in [2.24, 2.45) is 0 Å². The van der Waals surface area contributed by atoms with Crippen molar-refractivity contribution in [2.75, 3.05) is 46.9 Å². The molecule has 2 saturated heterocycles. The fourth-order valence-electron chi connectivity index (χ4n) is 3.89. The Labute approximate surface area is 155 Å². The Kier molecular flexibility index (Phi) is 5.63. The van der Waals surface area contributed by atoms with Gasteiger partial charge in [0, 0.05) is 31.7 Å². The molecule has 0 spiro atoms. The number of carbonyl (C=O) groups excluding carboxylic acids is 2. The molecule has 1 aromatic carbocycles. The van der Waals surface area contributed by atoms with E-state index in [0.29, 0.717) is 44.8 Å². The zero-order valence-electron chi connectivity index (χ0n) is 16.0. The summed E-state index contributed by atoms with van der Waals surface area (Å²) < 4.78 is 5.35. The Morgan fingerprint density at radius 2 is 1.77 bits per heavy atom. The first-order valence-corrected chi connectivity index (χ1v) is 9.34. The molecular formula is C20H29N3O3. The van der Waals surface area contributed by atoms with E-state index in [2.05, 4.69) is 4.90 Å². The molecule has 3 rings (SSSR count). The van der Waals surface area contributed by atoms with Gasteiger partial charge in [0.05, 0.1) is 13.2 Å². The quantitative estimate of drug-likeness (QED) is 0.819. The lowest BCUT2D eigenvalue weighted by Gasteiger charge is -2.39. The minimum Gasteiger partial charge on any atom is -0.378 e. The minimum absolute atomic E-state index is 0.0517. The molecule has 6 nitrogen and oxygen atoms in total. The predicted molar refractivity (Wildman–Crippen MR) is 99.9 cm³/mol. The van der Waals surface area contributed by atoms with Gasteiger partial charge < -0.3 is 19.4 Å². The summed E-state index contributed by atoms with van der Waals surface area (Å²) in [5, 5.41) is 0. The second-order valence-electron chi connectivity index (χ2n) is 7.67. The van der Waals surface area contributed by atoms with Gasteiger partial charge in [0.1, 0.15) is 5.54 Å². The van der Waals surface area contributed by atoms with Gasteiger partial charge in [0.15, 0.2) is 0 Å². The molecule has 26 heavy (non-hydrogen) atoms. The summed E-state index contributed by atoms with van der Waals surface area (Å²) in [6.07, 6.45) is 1.57. The van der Waals surface area contributed by atoms with Crippen molar-refractivity contribution in [2.45, 2.75) is 31.8 Å². The molecule has 2 amide bonds. The highest BCUT2D eigenvalue weighted by Gasteiger charge is 2.47. The Balaban J connectivity index is 1.76. The normalized spacial score (nSPS) is 23.5. The van der Waals surface area contributed by atoms with Gasteiger partial charge in [-0.2, -0.15) is 0 Å². The van der Waals surface area contributed by atoms with Crippen LogP contribution >= 0.6 is 0 Å². The van der Waals surface area contributed by atoms with Gasteiger partial charge in [-0.25, -0.2) is 0 Å². The Morgan fingerprint density at radius 1 is 1.12 bits per heavy atom. The Morgan fingerprint density at radius 3 is 2.38 bits per heavy atom. The molecule has 0 unspecified atom stereocenters. The van der Waals surface area contributed by atoms with Gasteiger partial charge in [0.25, 0.3) is 5.91 Å². The zero-order valence-corrected chi connectivity index (χ0v) is 16.0. The molecule has 0 bridgehead atoms. The maximum absolute atomic E-state index is 13.1. The highest BCUT2D eigenvalue weighted by Crippen LogP contribution is 2.32. The van der Waals surface area contributed by atoms with Crippen molar-refractivity contribution in [1.29, 1.82) is 0 Å². The van der Waals surface area contributed by atoms with Crippen LogP contribution in [0.1, 0.15) is 35.7 Å². The van der Waals surface area contributed by atoms with Crippen LogP contribution in [-0.4, -0.2) is 79.0 Å². The molecule has 6 heteroatoms. The van der Waals surface area contributed by atoms with Crippen LogP contribution in [0.2, 0.25) is 0 Å². The summed E-state index contributed by atoms with van der Waals surface area (Å²) in [5.41, 5.74) is 1.06. The van der Waals surface area contributed by atoms with Gasteiger partial charge in [-0.1, -0.05) is 12.1 Å². The Bertz CT molecular complexity index is 653. The molecule has 2 heterocycles. The lowest BCUT2D eigenvalue weighted by atomic mass is 9.95. The van der Waals surface area contributed by atoms with Gasteiger partial charge in [0.2, 0.25) is 5.91 Å². The lowest BCUT2D eigenvalue weighted by molar-refractivity contribution is -0.144. The number of amides is 2. The number of rotatable bonds is 4. The van der Waals surface area contributed by atoms with E-state index in [-0.39, 0.29) is 11.8 Å². The van der Waals surface area contributed by atoms with Crippen molar-refractivity contribution in [1.82, 2.24) is 14.7 Å². The number of likely N-dealkylation sites (tertiary alicyclic amines) is 1. The van der Waals surface area contributed by atoms with Crippen LogP contribution in [0, 0.1) is 0 Å². The van der Waals surface area contributed by atoms with Crippen LogP contribution < -0.4 is 0 Å². The Hall–Kier alpha value is -1.92.